The van der Waals surface area contributed by atoms with Crippen molar-refractivity contribution in [2.45, 2.75) is 45.5 Å². The summed E-state index contributed by atoms with van der Waals surface area (Å²) in [6.45, 7) is 3.88. The van der Waals surface area contributed by atoms with Crippen LogP contribution in [0, 0.1) is 5.92 Å². The average molecular weight is 270 g/mol. The minimum Gasteiger partial charge on any atom is -0.395 e. The van der Waals surface area contributed by atoms with E-state index in [4.69, 9.17) is 5.11 Å². The predicted molar refractivity (Wildman–Crippen MR) is 62.0 cm³/mol. The molecule has 18 heavy (non-hydrogen) atoms. The quantitative estimate of drug-likeness (QED) is 0.648. The van der Waals surface area contributed by atoms with Crippen LogP contribution in [0.2, 0.25) is 0 Å². The summed E-state index contributed by atoms with van der Waals surface area (Å²) >= 11 is 0. The number of aliphatic hydroxyl groups excluding tert-OH is 1. The van der Waals surface area contributed by atoms with Crippen molar-refractivity contribution in [3.8, 4) is 0 Å². The van der Waals surface area contributed by atoms with E-state index < -0.39 is 24.7 Å². The van der Waals surface area contributed by atoms with Gasteiger partial charge in [0.05, 0.1) is 12.6 Å². The van der Waals surface area contributed by atoms with Gasteiger partial charge in [0.15, 0.2) is 0 Å². The van der Waals surface area contributed by atoms with Crippen molar-refractivity contribution in [1.82, 2.24) is 10.6 Å². The molecule has 0 aliphatic heterocycles. The molecule has 7 heteroatoms. The SMILES string of the molecule is CC(C)CC(CO)NC(C)C(=O)NCC(F)(F)F. The van der Waals surface area contributed by atoms with Crippen molar-refractivity contribution in [1.29, 1.82) is 0 Å². The standard InChI is InChI=1S/C11H21F3N2O2/c1-7(2)4-9(5-17)16-8(3)10(18)15-6-11(12,13)14/h7-9,16-17H,4-6H2,1-3H3,(H,15,18). The predicted octanol–water partition coefficient (Wildman–Crippen LogP) is 1.05. The summed E-state index contributed by atoms with van der Waals surface area (Å²) < 4.78 is 35.7. The van der Waals surface area contributed by atoms with Gasteiger partial charge in [-0.3, -0.25) is 4.79 Å². The molecule has 0 heterocycles. The van der Waals surface area contributed by atoms with Gasteiger partial charge >= 0.3 is 6.18 Å². The van der Waals surface area contributed by atoms with Crippen molar-refractivity contribution < 1.29 is 23.1 Å². The molecule has 0 fully saturated rings. The summed E-state index contributed by atoms with van der Waals surface area (Å²) in [5.74, 6) is -0.408. The lowest BCUT2D eigenvalue weighted by Crippen LogP contribution is -2.49. The van der Waals surface area contributed by atoms with Gasteiger partial charge in [0, 0.05) is 6.04 Å². The molecule has 1 amide bonds. The fourth-order valence-corrected chi connectivity index (χ4v) is 1.53. The Morgan fingerprint density at radius 3 is 2.22 bits per heavy atom. The molecule has 0 aromatic rings. The number of halogens is 3. The number of aliphatic hydroxyl groups is 1. The Morgan fingerprint density at radius 2 is 1.83 bits per heavy atom. The maximum Gasteiger partial charge on any atom is 0.405 e. The molecular formula is C11H21F3N2O2. The zero-order chi connectivity index (χ0) is 14.3. The number of nitrogens with one attached hydrogen (secondary N) is 2. The zero-order valence-electron chi connectivity index (χ0n) is 10.8. The number of hydrogen-bond acceptors (Lipinski definition) is 3. The number of rotatable bonds is 7. The second kappa shape index (κ2) is 7.58. The van der Waals surface area contributed by atoms with Gasteiger partial charge in [-0.25, -0.2) is 0 Å². The summed E-state index contributed by atoms with van der Waals surface area (Å²) in [5, 5.41) is 13.7. The van der Waals surface area contributed by atoms with E-state index in [1.54, 1.807) is 5.32 Å². The minimum atomic E-state index is -4.41. The largest absolute Gasteiger partial charge is 0.405 e. The van der Waals surface area contributed by atoms with Crippen LogP contribution >= 0.6 is 0 Å². The van der Waals surface area contributed by atoms with Gasteiger partial charge in [-0.2, -0.15) is 13.2 Å². The summed E-state index contributed by atoms with van der Waals surface area (Å²) in [5.41, 5.74) is 0. The Morgan fingerprint density at radius 1 is 1.28 bits per heavy atom. The maximum atomic E-state index is 11.9. The Kier molecular flexibility index (Phi) is 7.23. The van der Waals surface area contributed by atoms with Crippen molar-refractivity contribution in [2.24, 2.45) is 5.92 Å². The summed E-state index contributed by atoms with van der Waals surface area (Å²) in [7, 11) is 0. The van der Waals surface area contributed by atoms with Gasteiger partial charge in [0.25, 0.3) is 0 Å². The second-order valence-electron chi connectivity index (χ2n) is 4.73. The van der Waals surface area contributed by atoms with Gasteiger partial charge in [0.2, 0.25) is 5.91 Å². The third kappa shape index (κ3) is 8.30. The molecule has 0 saturated carbocycles. The van der Waals surface area contributed by atoms with Crippen molar-refractivity contribution in [3.63, 3.8) is 0 Å². The fourth-order valence-electron chi connectivity index (χ4n) is 1.53. The van der Waals surface area contributed by atoms with Crippen molar-refractivity contribution in [3.05, 3.63) is 0 Å². The lowest BCUT2D eigenvalue weighted by Gasteiger charge is -2.22. The number of hydrogen-bond donors (Lipinski definition) is 3. The molecule has 0 aromatic heterocycles. The molecule has 3 N–H and O–H groups in total. The van der Waals surface area contributed by atoms with E-state index in [1.807, 2.05) is 13.8 Å². The first kappa shape index (κ1) is 17.2. The summed E-state index contributed by atoms with van der Waals surface area (Å²) in [4.78, 5) is 11.4. The van der Waals surface area contributed by atoms with E-state index in [2.05, 4.69) is 5.32 Å². The third-order valence-corrected chi connectivity index (χ3v) is 2.32. The van der Waals surface area contributed by atoms with E-state index in [-0.39, 0.29) is 12.6 Å². The van der Waals surface area contributed by atoms with Gasteiger partial charge in [-0.1, -0.05) is 13.8 Å². The van der Waals surface area contributed by atoms with E-state index in [9.17, 15) is 18.0 Å². The average Bonchev–Trinajstić information content (AvgIpc) is 2.22. The van der Waals surface area contributed by atoms with E-state index >= 15 is 0 Å². The molecule has 0 aliphatic rings. The molecule has 0 bridgehead atoms. The molecule has 108 valence electrons. The van der Waals surface area contributed by atoms with Gasteiger partial charge in [-0.05, 0) is 19.3 Å². The number of carbonyl (C=O) groups excluding carboxylic acids is 1. The number of alkyl halides is 3. The van der Waals surface area contributed by atoms with Crippen LogP contribution in [0.4, 0.5) is 13.2 Å². The molecule has 0 aromatic carbocycles. The van der Waals surface area contributed by atoms with Crippen LogP contribution < -0.4 is 10.6 Å². The van der Waals surface area contributed by atoms with Gasteiger partial charge in [-0.15, -0.1) is 0 Å². The van der Waals surface area contributed by atoms with E-state index in [0.717, 1.165) is 0 Å². The van der Waals surface area contributed by atoms with Crippen LogP contribution in [0.15, 0.2) is 0 Å². The van der Waals surface area contributed by atoms with Crippen LogP contribution in [0.1, 0.15) is 27.2 Å². The minimum absolute atomic E-state index is 0.158. The maximum absolute atomic E-state index is 11.9. The molecule has 0 aliphatic carbocycles. The molecule has 0 spiro atoms. The first-order valence-electron chi connectivity index (χ1n) is 5.87. The van der Waals surface area contributed by atoms with Gasteiger partial charge < -0.3 is 15.7 Å². The summed E-state index contributed by atoms with van der Waals surface area (Å²) in [6, 6.07) is -1.07. The second-order valence-corrected chi connectivity index (χ2v) is 4.73. The normalized spacial score (nSPS) is 15.6. The van der Waals surface area contributed by atoms with Crippen LogP contribution in [0.5, 0.6) is 0 Å². The molecule has 0 saturated heterocycles. The molecule has 2 unspecified atom stereocenters. The van der Waals surface area contributed by atoms with Crippen LogP contribution in [-0.4, -0.2) is 42.4 Å². The highest BCUT2D eigenvalue weighted by atomic mass is 19.4. The number of carbonyl (C=O) groups is 1. The third-order valence-electron chi connectivity index (χ3n) is 2.32. The molecule has 4 nitrogen and oxygen atoms in total. The van der Waals surface area contributed by atoms with E-state index in [0.29, 0.717) is 12.3 Å². The van der Waals surface area contributed by atoms with Gasteiger partial charge in [0.1, 0.15) is 6.54 Å². The highest BCUT2D eigenvalue weighted by molar-refractivity contribution is 5.81. The first-order valence-corrected chi connectivity index (χ1v) is 5.87. The fraction of sp³-hybridized carbons (Fsp3) is 0.909. The van der Waals surface area contributed by atoms with Crippen molar-refractivity contribution >= 4 is 5.91 Å². The molecule has 0 radical (unpaired) electrons. The number of amides is 1. The highest BCUT2D eigenvalue weighted by Crippen LogP contribution is 2.12. The molecule has 2 atom stereocenters. The highest BCUT2D eigenvalue weighted by Gasteiger charge is 2.29. The Labute approximate surface area is 105 Å². The summed E-state index contributed by atoms with van der Waals surface area (Å²) in [6.07, 6.45) is -3.77. The Balaban J connectivity index is 4.13. The molecule has 0 rings (SSSR count). The smallest absolute Gasteiger partial charge is 0.395 e. The molecular weight excluding hydrogens is 249 g/mol. The van der Waals surface area contributed by atoms with Crippen LogP contribution in [0.25, 0.3) is 0 Å². The van der Waals surface area contributed by atoms with E-state index in [1.165, 1.54) is 6.92 Å². The van der Waals surface area contributed by atoms with Crippen molar-refractivity contribution in [2.75, 3.05) is 13.2 Å². The first-order chi connectivity index (χ1) is 8.15. The monoisotopic (exact) mass is 270 g/mol. The lowest BCUT2D eigenvalue weighted by atomic mass is 10.0. The Hall–Kier alpha value is -0.820. The van der Waals surface area contributed by atoms with Crippen LogP contribution in [0.3, 0.4) is 0 Å². The zero-order valence-corrected chi connectivity index (χ0v) is 10.8. The van der Waals surface area contributed by atoms with Crippen LogP contribution in [-0.2, 0) is 4.79 Å². The Bertz CT molecular complexity index is 257. The lowest BCUT2D eigenvalue weighted by molar-refractivity contribution is -0.139. The topological polar surface area (TPSA) is 61.4 Å².